The first-order chi connectivity index (χ1) is 15.0. The lowest BCUT2D eigenvalue weighted by Crippen LogP contribution is -2.32. The quantitative estimate of drug-likeness (QED) is 0.341. The summed E-state index contributed by atoms with van der Waals surface area (Å²) < 4.78 is 13.1. The lowest BCUT2D eigenvalue weighted by molar-refractivity contribution is 0.0527. The van der Waals surface area contributed by atoms with Crippen LogP contribution in [0.3, 0.4) is 0 Å². The van der Waals surface area contributed by atoms with E-state index in [0.717, 1.165) is 27.8 Å². The van der Waals surface area contributed by atoms with E-state index in [2.05, 4.69) is 5.32 Å². The topological polar surface area (TPSA) is 93.0 Å². The molecule has 1 aromatic heterocycles. The van der Waals surface area contributed by atoms with Crippen molar-refractivity contribution in [3.63, 3.8) is 0 Å². The van der Waals surface area contributed by atoms with E-state index in [4.69, 9.17) is 14.6 Å². The summed E-state index contributed by atoms with van der Waals surface area (Å²) in [5, 5.41) is 22.5. The van der Waals surface area contributed by atoms with E-state index >= 15 is 0 Å². The van der Waals surface area contributed by atoms with Gasteiger partial charge >= 0.3 is 5.97 Å². The molecule has 31 heavy (non-hydrogen) atoms. The van der Waals surface area contributed by atoms with E-state index in [0.29, 0.717) is 31.0 Å². The monoisotopic (exact) mass is 426 g/mol. The molecule has 0 spiro atoms. The van der Waals surface area contributed by atoms with Crippen LogP contribution in [0.25, 0.3) is 16.6 Å². The molecular formula is C24H30N2O5. The number of hydrogen-bond acceptors (Lipinski definition) is 6. The minimum Gasteiger partial charge on any atom is -0.491 e. The molecule has 0 amide bonds. The molecule has 0 unspecified atom stereocenters. The van der Waals surface area contributed by atoms with Gasteiger partial charge in [0.05, 0.1) is 24.3 Å². The standard InChI is InChI=1S/C24H30N2O5/c1-4-30-24(29)23-17(3)26(18-7-5-16(2)6-8-18)22-10-9-20(13-21(22)23)31-15-19(28)14-25-11-12-27/h5-10,13,19,25,27-28H,4,11-12,14-15H2,1-3H3/t19-/m0/s1. The van der Waals surface area contributed by atoms with Gasteiger partial charge in [-0.1, -0.05) is 17.7 Å². The number of aryl methyl sites for hydroxylation is 1. The van der Waals surface area contributed by atoms with Crippen molar-refractivity contribution in [3.05, 3.63) is 59.3 Å². The highest BCUT2D eigenvalue weighted by atomic mass is 16.5. The second kappa shape index (κ2) is 10.4. The zero-order valence-electron chi connectivity index (χ0n) is 18.2. The first-order valence-electron chi connectivity index (χ1n) is 10.5. The van der Waals surface area contributed by atoms with Gasteiger partial charge in [0, 0.05) is 29.9 Å². The summed E-state index contributed by atoms with van der Waals surface area (Å²) in [5.74, 6) is 0.182. The number of aromatic nitrogens is 1. The molecule has 166 valence electrons. The molecule has 7 nitrogen and oxygen atoms in total. The summed E-state index contributed by atoms with van der Waals surface area (Å²) in [6, 6.07) is 13.7. The third-order valence-electron chi connectivity index (χ3n) is 5.06. The number of nitrogens with zero attached hydrogens (tertiary/aromatic N) is 1. The average molecular weight is 427 g/mol. The number of fused-ring (bicyclic) bond motifs is 1. The van der Waals surface area contributed by atoms with Crippen molar-refractivity contribution in [2.45, 2.75) is 26.9 Å². The summed E-state index contributed by atoms with van der Waals surface area (Å²) >= 11 is 0. The summed E-state index contributed by atoms with van der Waals surface area (Å²) in [6.07, 6.45) is -0.717. The van der Waals surface area contributed by atoms with E-state index in [-0.39, 0.29) is 19.2 Å². The SMILES string of the molecule is CCOC(=O)c1c(C)n(-c2ccc(C)cc2)c2ccc(OC[C@@H](O)CNCCO)cc12. The largest absolute Gasteiger partial charge is 0.491 e. The number of aliphatic hydroxyl groups excluding tert-OH is 2. The number of hydrogen-bond donors (Lipinski definition) is 3. The Hall–Kier alpha value is -2.87. The second-order valence-electron chi connectivity index (χ2n) is 7.42. The molecule has 0 fully saturated rings. The molecule has 2 aromatic carbocycles. The molecule has 1 atom stereocenters. The number of nitrogens with one attached hydrogen (secondary N) is 1. The summed E-state index contributed by atoms with van der Waals surface area (Å²) in [6.45, 7) is 6.85. The zero-order chi connectivity index (χ0) is 22.4. The van der Waals surface area contributed by atoms with Crippen molar-refractivity contribution < 1.29 is 24.5 Å². The fraction of sp³-hybridized carbons (Fsp3) is 0.375. The van der Waals surface area contributed by atoms with E-state index in [1.54, 1.807) is 6.92 Å². The molecule has 0 saturated heterocycles. The van der Waals surface area contributed by atoms with Crippen molar-refractivity contribution in [1.29, 1.82) is 0 Å². The number of carbonyl (C=O) groups is 1. The van der Waals surface area contributed by atoms with Crippen molar-refractivity contribution in [1.82, 2.24) is 9.88 Å². The minimum atomic E-state index is -0.717. The average Bonchev–Trinajstić information content (AvgIpc) is 3.04. The Labute approximate surface area is 182 Å². The number of benzene rings is 2. The van der Waals surface area contributed by atoms with Gasteiger partial charge < -0.3 is 29.6 Å². The zero-order valence-corrected chi connectivity index (χ0v) is 18.2. The molecule has 0 aliphatic rings. The molecule has 3 rings (SSSR count). The van der Waals surface area contributed by atoms with Crippen molar-refractivity contribution in [2.24, 2.45) is 0 Å². The van der Waals surface area contributed by atoms with Crippen LogP contribution in [0.2, 0.25) is 0 Å². The molecule has 7 heteroatoms. The van der Waals surface area contributed by atoms with Crippen LogP contribution in [-0.2, 0) is 4.74 Å². The number of rotatable bonds is 10. The Bertz CT molecular complexity index is 1030. The third kappa shape index (κ3) is 5.25. The van der Waals surface area contributed by atoms with Crippen LogP contribution in [0, 0.1) is 13.8 Å². The van der Waals surface area contributed by atoms with Gasteiger partial charge in [-0.15, -0.1) is 0 Å². The molecule has 3 aromatic rings. The van der Waals surface area contributed by atoms with Crippen molar-refractivity contribution in [3.8, 4) is 11.4 Å². The van der Waals surface area contributed by atoms with Gasteiger partial charge in [-0.2, -0.15) is 0 Å². The Morgan fingerprint density at radius 1 is 1.16 bits per heavy atom. The van der Waals surface area contributed by atoms with Crippen LogP contribution >= 0.6 is 0 Å². The van der Waals surface area contributed by atoms with Gasteiger partial charge in [0.1, 0.15) is 18.5 Å². The van der Waals surface area contributed by atoms with Crippen LogP contribution in [0.1, 0.15) is 28.5 Å². The highest BCUT2D eigenvalue weighted by Gasteiger charge is 2.22. The first kappa shape index (κ1) is 22.8. The minimum absolute atomic E-state index is 0.0121. The highest BCUT2D eigenvalue weighted by molar-refractivity contribution is 6.07. The third-order valence-corrected chi connectivity index (χ3v) is 5.06. The maximum absolute atomic E-state index is 12.8. The smallest absolute Gasteiger partial charge is 0.340 e. The Balaban J connectivity index is 1.96. The van der Waals surface area contributed by atoms with Gasteiger partial charge in [-0.3, -0.25) is 0 Å². The highest BCUT2D eigenvalue weighted by Crippen LogP contribution is 2.32. The maximum atomic E-state index is 12.8. The molecule has 0 saturated carbocycles. The van der Waals surface area contributed by atoms with E-state index in [1.807, 2.05) is 60.9 Å². The number of esters is 1. The van der Waals surface area contributed by atoms with Crippen LogP contribution < -0.4 is 10.1 Å². The van der Waals surface area contributed by atoms with E-state index < -0.39 is 6.10 Å². The van der Waals surface area contributed by atoms with Crippen molar-refractivity contribution in [2.75, 3.05) is 32.9 Å². The van der Waals surface area contributed by atoms with Crippen LogP contribution in [-0.4, -0.2) is 59.8 Å². The first-order valence-corrected chi connectivity index (χ1v) is 10.5. The van der Waals surface area contributed by atoms with Gasteiger partial charge in [-0.25, -0.2) is 4.79 Å². The van der Waals surface area contributed by atoms with Gasteiger partial charge in [-0.05, 0) is 51.1 Å². The number of aliphatic hydroxyl groups is 2. The summed E-state index contributed by atoms with van der Waals surface area (Å²) in [7, 11) is 0. The Morgan fingerprint density at radius 2 is 1.90 bits per heavy atom. The van der Waals surface area contributed by atoms with Gasteiger partial charge in [0.2, 0.25) is 0 Å². The van der Waals surface area contributed by atoms with E-state index in [1.165, 1.54) is 0 Å². The second-order valence-corrected chi connectivity index (χ2v) is 7.42. The van der Waals surface area contributed by atoms with Crippen LogP contribution in [0.5, 0.6) is 5.75 Å². The molecule has 1 heterocycles. The molecular weight excluding hydrogens is 396 g/mol. The van der Waals surface area contributed by atoms with Crippen LogP contribution in [0.15, 0.2) is 42.5 Å². The lowest BCUT2D eigenvalue weighted by atomic mass is 10.1. The fourth-order valence-electron chi connectivity index (χ4n) is 3.57. The summed E-state index contributed by atoms with van der Waals surface area (Å²) in [5.41, 5.74) is 4.30. The van der Waals surface area contributed by atoms with Crippen LogP contribution in [0.4, 0.5) is 0 Å². The number of ether oxygens (including phenoxy) is 2. The fourth-order valence-corrected chi connectivity index (χ4v) is 3.57. The molecule has 3 N–H and O–H groups in total. The molecule has 0 radical (unpaired) electrons. The van der Waals surface area contributed by atoms with Crippen molar-refractivity contribution >= 4 is 16.9 Å². The maximum Gasteiger partial charge on any atom is 0.340 e. The predicted octanol–water partition coefficient (Wildman–Crippen LogP) is 2.75. The van der Waals surface area contributed by atoms with E-state index in [9.17, 15) is 9.90 Å². The lowest BCUT2D eigenvalue weighted by Gasteiger charge is -2.13. The predicted molar refractivity (Wildman–Crippen MR) is 120 cm³/mol. The summed E-state index contributed by atoms with van der Waals surface area (Å²) in [4.78, 5) is 12.8. The number of carbonyl (C=O) groups excluding carboxylic acids is 1. The van der Waals surface area contributed by atoms with Gasteiger partial charge in [0.25, 0.3) is 0 Å². The molecule has 0 bridgehead atoms. The molecule has 0 aliphatic carbocycles. The van der Waals surface area contributed by atoms with Gasteiger partial charge in [0.15, 0.2) is 0 Å². The normalized spacial score (nSPS) is 12.2. The Morgan fingerprint density at radius 3 is 2.58 bits per heavy atom. The Kier molecular flexibility index (Phi) is 7.68. The molecule has 0 aliphatic heterocycles.